The third-order valence-electron chi connectivity index (χ3n) is 3.24. The van der Waals surface area contributed by atoms with Gasteiger partial charge in [-0.2, -0.15) is 0 Å². The predicted molar refractivity (Wildman–Crippen MR) is 90.0 cm³/mol. The normalized spacial score (nSPS) is 11.1. The van der Waals surface area contributed by atoms with Crippen LogP contribution in [0.3, 0.4) is 0 Å². The van der Waals surface area contributed by atoms with Gasteiger partial charge in [0.05, 0.1) is 17.3 Å². The maximum atomic E-state index is 6.17. The van der Waals surface area contributed by atoms with Crippen LogP contribution >= 0.6 is 11.6 Å². The zero-order valence-corrected chi connectivity index (χ0v) is 14.4. The molecule has 4 heteroatoms. The van der Waals surface area contributed by atoms with Gasteiger partial charge in [-0.05, 0) is 24.9 Å². The molecule has 0 bridgehead atoms. The maximum Gasteiger partial charge on any atom is 0.213 e. The van der Waals surface area contributed by atoms with E-state index >= 15 is 0 Å². The number of halogens is 1. The summed E-state index contributed by atoms with van der Waals surface area (Å²) in [6.45, 7) is 8.96. The molecule has 0 atom stereocenters. The first-order valence-electron chi connectivity index (χ1n) is 8.12. The van der Waals surface area contributed by atoms with Crippen LogP contribution in [0.15, 0.2) is 12.1 Å². The van der Waals surface area contributed by atoms with E-state index < -0.39 is 0 Å². The summed E-state index contributed by atoms with van der Waals surface area (Å²) in [6.07, 6.45) is 6.19. The van der Waals surface area contributed by atoms with Gasteiger partial charge in [-0.3, -0.25) is 0 Å². The molecule has 0 radical (unpaired) electrons. The van der Waals surface area contributed by atoms with Crippen LogP contribution in [0.4, 0.5) is 0 Å². The van der Waals surface area contributed by atoms with Gasteiger partial charge in [-0.15, -0.1) is 0 Å². The Morgan fingerprint density at radius 3 is 2.67 bits per heavy atom. The number of nitrogens with zero attached hydrogens (tertiary/aromatic N) is 1. The molecule has 1 heterocycles. The van der Waals surface area contributed by atoms with Crippen molar-refractivity contribution in [1.29, 1.82) is 0 Å². The number of hydrogen-bond acceptors (Lipinski definition) is 3. The number of nitrogens with one attached hydrogen (secondary N) is 1. The zero-order chi connectivity index (χ0) is 15.5. The topological polar surface area (TPSA) is 34.1 Å². The van der Waals surface area contributed by atoms with Gasteiger partial charge in [0.1, 0.15) is 0 Å². The van der Waals surface area contributed by atoms with Crippen molar-refractivity contribution < 1.29 is 4.74 Å². The second-order valence-corrected chi connectivity index (χ2v) is 6.27. The molecule has 0 unspecified atom stereocenters. The Bertz CT molecular complexity index is 396. The maximum absolute atomic E-state index is 6.17. The Morgan fingerprint density at radius 2 is 1.95 bits per heavy atom. The van der Waals surface area contributed by atoms with Crippen LogP contribution in [0, 0.1) is 5.92 Å². The minimum absolute atomic E-state index is 0.617. The van der Waals surface area contributed by atoms with Crippen molar-refractivity contribution in [1.82, 2.24) is 10.3 Å². The largest absolute Gasteiger partial charge is 0.478 e. The first-order chi connectivity index (χ1) is 10.1. The second kappa shape index (κ2) is 10.9. The molecule has 21 heavy (non-hydrogen) atoms. The van der Waals surface area contributed by atoms with E-state index in [2.05, 4.69) is 31.1 Å². The molecular weight excluding hydrogens is 284 g/mol. The fraction of sp³-hybridized carbons (Fsp3) is 0.706. The van der Waals surface area contributed by atoms with Gasteiger partial charge in [0.2, 0.25) is 5.88 Å². The van der Waals surface area contributed by atoms with Crippen molar-refractivity contribution in [2.24, 2.45) is 5.92 Å². The summed E-state index contributed by atoms with van der Waals surface area (Å²) in [5, 5.41) is 4.05. The highest BCUT2D eigenvalue weighted by Gasteiger charge is 2.05. The molecule has 1 aromatic heterocycles. The van der Waals surface area contributed by atoms with E-state index in [1.54, 1.807) is 0 Å². The highest BCUT2D eigenvalue weighted by atomic mass is 35.5. The number of aromatic nitrogens is 1. The van der Waals surface area contributed by atoms with Crippen LogP contribution in [0.25, 0.3) is 0 Å². The molecule has 1 aromatic rings. The lowest BCUT2D eigenvalue weighted by atomic mass is 10.2. The molecule has 0 amide bonds. The standard InChI is InChI=1S/C17H29ClN2O/c1-4-5-6-7-8-11-21-17-10-9-15(18)16(20-17)13-19-12-14(2)3/h9-10,14,19H,4-8,11-13H2,1-3H3. The van der Waals surface area contributed by atoms with E-state index in [9.17, 15) is 0 Å². The highest BCUT2D eigenvalue weighted by Crippen LogP contribution is 2.18. The fourth-order valence-corrected chi connectivity index (χ4v) is 2.20. The summed E-state index contributed by atoms with van der Waals surface area (Å²) in [7, 11) is 0. The molecule has 0 aromatic carbocycles. The molecule has 0 aliphatic heterocycles. The zero-order valence-electron chi connectivity index (χ0n) is 13.6. The Morgan fingerprint density at radius 1 is 1.19 bits per heavy atom. The number of hydrogen-bond donors (Lipinski definition) is 1. The van der Waals surface area contributed by atoms with Crippen molar-refractivity contribution in [3.05, 3.63) is 22.8 Å². The van der Waals surface area contributed by atoms with E-state index in [0.717, 1.165) is 25.3 Å². The van der Waals surface area contributed by atoms with Crippen LogP contribution in [-0.4, -0.2) is 18.1 Å². The summed E-state index contributed by atoms with van der Waals surface area (Å²) in [5.41, 5.74) is 0.862. The molecule has 0 spiro atoms. The van der Waals surface area contributed by atoms with Gasteiger partial charge in [-0.25, -0.2) is 4.98 Å². The molecule has 120 valence electrons. The molecule has 0 saturated carbocycles. The summed E-state index contributed by atoms with van der Waals surface area (Å²) in [5.74, 6) is 1.29. The van der Waals surface area contributed by atoms with Crippen LogP contribution in [0.2, 0.25) is 5.02 Å². The van der Waals surface area contributed by atoms with E-state index in [1.807, 2.05) is 12.1 Å². The predicted octanol–water partition coefficient (Wildman–Crippen LogP) is 4.83. The van der Waals surface area contributed by atoms with Crippen molar-refractivity contribution in [3.8, 4) is 5.88 Å². The Labute approximate surface area is 134 Å². The smallest absolute Gasteiger partial charge is 0.213 e. The second-order valence-electron chi connectivity index (χ2n) is 5.87. The number of unbranched alkanes of at least 4 members (excludes halogenated alkanes) is 4. The van der Waals surface area contributed by atoms with Gasteiger partial charge in [-0.1, -0.05) is 58.1 Å². The lowest BCUT2D eigenvalue weighted by Crippen LogP contribution is -2.20. The summed E-state index contributed by atoms with van der Waals surface area (Å²) in [6, 6.07) is 3.72. The third-order valence-corrected chi connectivity index (χ3v) is 3.58. The van der Waals surface area contributed by atoms with Crippen molar-refractivity contribution in [2.45, 2.75) is 59.4 Å². The summed E-state index contributed by atoms with van der Waals surface area (Å²) >= 11 is 6.17. The third kappa shape index (κ3) is 8.27. The minimum atomic E-state index is 0.617. The van der Waals surface area contributed by atoms with Gasteiger partial charge in [0.25, 0.3) is 0 Å². The van der Waals surface area contributed by atoms with Crippen LogP contribution < -0.4 is 10.1 Å². The summed E-state index contributed by atoms with van der Waals surface area (Å²) in [4.78, 5) is 4.49. The minimum Gasteiger partial charge on any atom is -0.478 e. The van der Waals surface area contributed by atoms with E-state index in [0.29, 0.717) is 23.4 Å². The quantitative estimate of drug-likeness (QED) is 0.594. The van der Waals surface area contributed by atoms with Crippen LogP contribution in [0.5, 0.6) is 5.88 Å². The number of ether oxygens (including phenoxy) is 1. The molecule has 3 nitrogen and oxygen atoms in total. The van der Waals surface area contributed by atoms with Crippen molar-refractivity contribution in [2.75, 3.05) is 13.2 Å². The average molecular weight is 313 g/mol. The molecule has 1 N–H and O–H groups in total. The molecule has 0 fully saturated rings. The fourth-order valence-electron chi connectivity index (χ4n) is 2.03. The van der Waals surface area contributed by atoms with Gasteiger partial charge in [0, 0.05) is 12.6 Å². The molecule has 0 aliphatic carbocycles. The lowest BCUT2D eigenvalue weighted by Gasteiger charge is -2.10. The molecular formula is C17H29ClN2O. The highest BCUT2D eigenvalue weighted by molar-refractivity contribution is 6.31. The molecule has 1 rings (SSSR count). The monoisotopic (exact) mass is 312 g/mol. The van der Waals surface area contributed by atoms with Crippen LogP contribution in [-0.2, 0) is 6.54 Å². The first kappa shape index (κ1) is 18.2. The van der Waals surface area contributed by atoms with Crippen molar-refractivity contribution >= 4 is 11.6 Å². The SMILES string of the molecule is CCCCCCCOc1ccc(Cl)c(CNCC(C)C)n1. The molecule has 0 saturated heterocycles. The summed E-state index contributed by atoms with van der Waals surface area (Å²) < 4.78 is 5.71. The van der Waals surface area contributed by atoms with E-state index in [-0.39, 0.29) is 0 Å². The van der Waals surface area contributed by atoms with Gasteiger partial charge >= 0.3 is 0 Å². The Kier molecular flexibility index (Phi) is 9.44. The average Bonchev–Trinajstić information content (AvgIpc) is 2.45. The van der Waals surface area contributed by atoms with Gasteiger partial charge in [0.15, 0.2) is 0 Å². The lowest BCUT2D eigenvalue weighted by molar-refractivity contribution is 0.292. The van der Waals surface area contributed by atoms with E-state index in [1.165, 1.54) is 25.7 Å². The van der Waals surface area contributed by atoms with Crippen LogP contribution in [0.1, 0.15) is 58.6 Å². The van der Waals surface area contributed by atoms with Gasteiger partial charge < -0.3 is 10.1 Å². The number of rotatable bonds is 11. The van der Waals surface area contributed by atoms with Crippen molar-refractivity contribution in [3.63, 3.8) is 0 Å². The first-order valence-corrected chi connectivity index (χ1v) is 8.50. The Balaban J connectivity index is 2.34. The Hall–Kier alpha value is -0.800. The number of pyridine rings is 1. The van der Waals surface area contributed by atoms with E-state index in [4.69, 9.17) is 16.3 Å². The molecule has 0 aliphatic rings.